The van der Waals surface area contributed by atoms with Gasteiger partial charge in [-0.3, -0.25) is 9.59 Å². The first-order valence-corrected chi connectivity index (χ1v) is 11.7. The molecule has 8 heteroatoms. The Labute approximate surface area is 187 Å². The molecule has 2 aliphatic rings. The standard InChI is InChI=1S/C23H30N4O3S/c1-4-5-11-27-20(28)13-17(21(27)15-6-8-16(30-3)9-7-15)22(29)25-23-24-18-10-12-26(2)14-19(18)31-23/h6-9,17,21H,4-5,10-14H2,1-3H3,(H,24,25,29). The van der Waals surface area contributed by atoms with Crippen LogP contribution >= 0.6 is 11.3 Å². The van der Waals surface area contributed by atoms with Crippen molar-refractivity contribution in [2.75, 3.05) is 32.6 Å². The summed E-state index contributed by atoms with van der Waals surface area (Å²) >= 11 is 1.54. The lowest BCUT2D eigenvalue weighted by Crippen LogP contribution is -2.33. The molecule has 0 radical (unpaired) electrons. The number of fused-ring (bicyclic) bond motifs is 1. The maximum absolute atomic E-state index is 13.3. The summed E-state index contributed by atoms with van der Waals surface area (Å²) in [6.45, 7) is 4.61. The number of carbonyl (C=O) groups is 2. The van der Waals surface area contributed by atoms with E-state index in [1.165, 1.54) is 4.88 Å². The number of unbranched alkanes of at least 4 members (excludes halogenated alkanes) is 1. The van der Waals surface area contributed by atoms with Crippen LogP contribution in [0.1, 0.15) is 48.4 Å². The molecule has 1 saturated heterocycles. The quantitative estimate of drug-likeness (QED) is 0.711. The number of ether oxygens (including phenoxy) is 1. The van der Waals surface area contributed by atoms with Crippen molar-refractivity contribution in [3.63, 3.8) is 0 Å². The molecule has 7 nitrogen and oxygen atoms in total. The van der Waals surface area contributed by atoms with E-state index in [9.17, 15) is 9.59 Å². The monoisotopic (exact) mass is 442 g/mol. The van der Waals surface area contributed by atoms with E-state index >= 15 is 0 Å². The lowest BCUT2D eigenvalue weighted by molar-refractivity contribution is -0.129. The van der Waals surface area contributed by atoms with E-state index in [2.05, 4.69) is 29.2 Å². The molecule has 2 aliphatic heterocycles. The van der Waals surface area contributed by atoms with E-state index in [0.29, 0.717) is 11.7 Å². The molecule has 1 N–H and O–H groups in total. The minimum Gasteiger partial charge on any atom is -0.497 e. The molecule has 2 amide bonds. The number of carbonyl (C=O) groups excluding carboxylic acids is 2. The van der Waals surface area contributed by atoms with Gasteiger partial charge in [-0.25, -0.2) is 4.98 Å². The average molecular weight is 443 g/mol. The van der Waals surface area contributed by atoms with Gasteiger partial charge < -0.3 is 19.9 Å². The lowest BCUT2D eigenvalue weighted by Gasteiger charge is -2.28. The predicted molar refractivity (Wildman–Crippen MR) is 121 cm³/mol. The Kier molecular flexibility index (Phi) is 6.57. The Bertz CT molecular complexity index is 943. The summed E-state index contributed by atoms with van der Waals surface area (Å²) in [4.78, 5) is 36.1. The number of rotatable bonds is 7. The summed E-state index contributed by atoms with van der Waals surface area (Å²) < 4.78 is 5.28. The number of nitrogens with zero attached hydrogens (tertiary/aromatic N) is 3. The fourth-order valence-electron chi connectivity index (χ4n) is 4.41. The fraction of sp³-hybridized carbons (Fsp3) is 0.522. The molecule has 1 aromatic heterocycles. The number of benzene rings is 1. The predicted octanol–water partition coefficient (Wildman–Crippen LogP) is 3.47. The van der Waals surface area contributed by atoms with Gasteiger partial charge in [-0.1, -0.05) is 25.5 Å². The highest BCUT2D eigenvalue weighted by atomic mass is 32.1. The van der Waals surface area contributed by atoms with E-state index in [1.807, 2.05) is 29.2 Å². The van der Waals surface area contributed by atoms with Gasteiger partial charge in [0, 0.05) is 37.4 Å². The van der Waals surface area contributed by atoms with E-state index in [4.69, 9.17) is 4.74 Å². The topological polar surface area (TPSA) is 74.8 Å². The number of methoxy groups -OCH3 is 1. The zero-order valence-electron chi connectivity index (χ0n) is 18.4. The van der Waals surface area contributed by atoms with Gasteiger partial charge in [0.1, 0.15) is 5.75 Å². The van der Waals surface area contributed by atoms with Gasteiger partial charge in [0.15, 0.2) is 5.13 Å². The molecular formula is C23H30N4O3S. The third kappa shape index (κ3) is 4.60. The van der Waals surface area contributed by atoms with Crippen molar-refractivity contribution in [2.45, 2.75) is 45.2 Å². The zero-order valence-corrected chi connectivity index (χ0v) is 19.2. The number of nitrogens with one attached hydrogen (secondary N) is 1. The summed E-state index contributed by atoms with van der Waals surface area (Å²) in [5, 5.41) is 3.66. The summed E-state index contributed by atoms with van der Waals surface area (Å²) in [6, 6.07) is 7.41. The van der Waals surface area contributed by atoms with Gasteiger partial charge in [-0.05, 0) is 31.2 Å². The number of hydrogen-bond acceptors (Lipinski definition) is 6. The second-order valence-electron chi connectivity index (χ2n) is 8.34. The Morgan fingerprint density at radius 2 is 2.10 bits per heavy atom. The van der Waals surface area contributed by atoms with Crippen LogP contribution in [-0.4, -0.2) is 53.8 Å². The van der Waals surface area contributed by atoms with E-state index < -0.39 is 5.92 Å². The first-order chi connectivity index (χ1) is 15.0. The van der Waals surface area contributed by atoms with Crippen LogP contribution < -0.4 is 10.1 Å². The molecule has 2 unspecified atom stereocenters. The average Bonchev–Trinajstić information content (AvgIpc) is 3.31. The number of likely N-dealkylation sites (tertiary alicyclic amines) is 1. The first kappa shape index (κ1) is 21.8. The molecule has 0 aliphatic carbocycles. The van der Waals surface area contributed by atoms with Crippen molar-refractivity contribution in [2.24, 2.45) is 5.92 Å². The van der Waals surface area contributed by atoms with Crippen LogP contribution in [0.3, 0.4) is 0 Å². The van der Waals surface area contributed by atoms with Crippen molar-refractivity contribution in [1.82, 2.24) is 14.8 Å². The number of thiazole rings is 1. The maximum Gasteiger partial charge on any atom is 0.232 e. The number of likely N-dealkylation sites (N-methyl/N-ethyl adjacent to an activating group) is 1. The Morgan fingerprint density at radius 3 is 2.81 bits per heavy atom. The normalized spacial score (nSPS) is 21.3. The van der Waals surface area contributed by atoms with E-state index in [1.54, 1.807) is 18.4 Å². The third-order valence-electron chi connectivity index (χ3n) is 6.13. The Hall–Kier alpha value is -2.45. The molecule has 4 rings (SSSR count). The molecule has 3 heterocycles. The van der Waals surface area contributed by atoms with Crippen molar-refractivity contribution < 1.29 is 14.3 Å². The molecule has 31 heavy (non-hydrogen) atoms. The summed E-state index contributed by atoms with van der Waals surface area (Å²) in [6.07, 6.45) is 3.04. The molecule has 0 saturated carbocycles. The minimum absolute atomic E-state index is 0.0366. The van der Waals surface area contributed by atoms with Gasteiger partial charge in [-0.15, -0.1) is 11.3 Å². The van der Waals surface area contributed by atoms with Gasteiger partial charge in [-0.2, -0.15) is 0 Å². The molecule has 0 bridgehead atoms. The fourth-order valence-corrected chi connectivity index (χ4v) is 5.50. The second-order valence-corrected chi connectivity index (χ2v) is 9.42. The van der Waals surface area contributed by atoms with Gasteiger partial charge >= 0.3 is 0 Å². The molecular weight excluding hydrogens is 412 g/mol. The summed E-state index contributed by atoms with van der Waals surface area (Å²) in [5.41, 5.74) is 2.04. The first-order valence-electron chi connectivity index (χ1n) is 10.9. The smallest absolute Gasteiger partial charge is 0.232 e. The largest absolute Gasteiger partial charge is 0.497 e. The maximum atomic E-state index is 13.3. The number of amides is 2. The van der Waals surface area contributed by atoms with Gasteiger partial charge in [0.25, 0.3) is 0 Å². The van der Waals surface area contributed by atoms with E-state index in [-0.39, 0.29) is 24.3 Å². The lowest BCUT2D eigenvalue weighted by atomic mass is 9.92. The number of anilines is 1. The number of aromatic nitrogens is 1. The zero-order chi connectivity index (χ0) is 22.0. The highest BCUT2D eigenvalue weighted by Gasteiger charge is 2.44. The third-order valence-corrected chi connectivity index (χ3v) is 7.13. The van der Waals surface area contributed by atoms with Crippen molar-refractivity contribution in [1.29, 1.82) is 0 Å². The highest BCUT2D eigenvalue weighted by molar-refractivity contribution is 7.15. The van der Waals surface area contributed by atoms with Crippen LogP contribution in [0.4, 0.5) is 5.13 Å². The SMILES string of the molecule is CCCCN1C(=O)CC(C(=O)Nc2nc3c(s2)CN(C)CC3)C1c1ccc(OC)cc1. The van der Waals surface area contributed by atoms with Crippen LogP contribution in [0, 0.1) is 5.92 Å². The van der Waals surface area contributed by atoms with Gasteiger partial charge in [0.2, 0.25) is 11.8 Å². The summed E-state index contributed by atoms with van der Waals surface area (Å²) in [5.74, 6) is 0.218. The van der Waals surface area contributed by atoms with Crippen molar-refractivity contribution in [3.05, 3.63) is 40.4 Å². The van der Waals surface area contributed by atoms with Crippen molar-refractivity contribution >= 4 is 28.3 Å². The molecule has 1 fully saturated rings. The molecule has 2 atom stereocenters. The van der Waals surface area contributed by atoms with Crippen LogP contribution in [0.25, 0.3) is 0 Å². The van der Waals surface area contributed by atoms with Crippen LogP contribution in [0.15, 0.2) is 24.3 Å². The molecule has 166 valence electrons. The second kappa shape index (κ2) is 9.36. The van der Waals surface area contributed by atoms with Gasteiger partial charge in [0.05, 0.1) is 24.8 Å². The molecule has 2 aromatic rings. The molecule has 1 aromatic carbocycles. The Balaban J connectivity index is 1.56. The van der Waals surface area contributed by atoms with Crippen LogP contribution in [-0.2, 0) is 22.6 Å². The van der Waals surface area contributed by atoms with Crippen LogP contribution in [0.2, 0.25) is 0 Å². The minimum atomic E-state index is -0.443. The highest BCUT2D eigenvalue weighted by Crippen LogP contribution is 2.40. The Morgan fingerprint density at radius 1 is 1.32 bits per heavy atom. The van der Waals surface area contributed by atoms with Crippen molar-refractivity contribution in [3.8, 4) is 5.75 Å². The molecule has 0 spiro atoms. The summed E-state index contributed by atoms with van der Waals surface area (Å²) in [7, 11) is 3.72. The van der Waals surface area contributed by atoms with E-state index in [0.717, 1.165) is 49.4 Å². The number of hydrogen-bond donors (Lipinski definition) is 1. The van der Waals surface area contributed by atoms with Crippen LogP contribution in [0.5, 0.6) is 5.75 Å².